The largest absolute Gasteiger partial charge is 0.468 e. The van der Waals surface area contributed by atoms with Gasteiger partial charge in [0.1, 0.15) is 13.2 Å². The minimum atomic E-state index is -0.515. The summed E-state index contributed by atoms with van der Waals surface area (Å²) in [5.41, 5.74) is 1.42. The summed E-state index contributed by atoms with van der Waals surface area (Å²) in [6.45, 7) is 20.1. The number of allylic oxidation sites excluding steroid dienone is 1. The van der Waals surface area contributed by atoms with E-state index in [1.807, 2.05) is 0 Å². The molecule has 0 aromatic rings. The van der Waals surface area contributed by atoms with E-state index in [2.05, 4.69) is 63.5 Å². The molecule has 5 fully saturated rings. The molecule has 0 heterocycles. The van der Waals surface area contributed by atoms with Crippen molar-refractivity contribution in [1.29, 1.82) is 0 Å². The Kier molecular flexibility index (Phi) is 10.9. The average molecular weight is 673 g/mol. The van der Waals surface area contributed by atoms with Crippen molar-refractivity contribution in [1.82, 2.24) is 10.6 Å². The zero-order valence-corrected chi connectivity index (χ0v) is 30.9. The summed E-state index contributed by atoms with van der Waals surface area (Å²) in [5, 5.41) is 16.8. The molecular formula is C39H64N2O7. The summed E-state index contributed by atoms with van der Waals surface area (Å²) in [4.78, 5) is 37.1. The van der Waals surface area contributed by atoms with Gasteiger partial charge in [0.25, 0.3) is 0 Å². The smallest absolute Gasteiger partial charge is 0.325 e. The molecule has 0 aliphatic heterocycles. The Morgan fingerprint density at radius 1 is 0.812 bits per heavy atom. The molecule has 0 aromatic carbocycles. The Labute approximate surface area is 289 Å². The number of rotatable bonds is 12. The van der Waals surface area contributed by atoms with E-state index < -0.39 is 11.9 Å². The van der Waals surface area contributed by atoms with Gasteiger partial charge in [0.05, 0.1) is 38.4 Å². The summed E-state index contributed by atoms with van der Waals surface area (Å²) in [6, 6.07) is 0. The number of carbonyl (C=O) groups is 3. The van der Waals surface area contributed by atoms with Gasteiger partial charge >= 0.3 is 5.97 Å². The Morgan fingerprint density at radius 2 is 1.54 bits per heavy atom. The van der Waals surface area contributed by atoms with Crippen molar-refractivity contribution in [2.45, 2.75) is 112 Å². The number of esters is 1. The zero-order valence-electron chi connectivity index (χ0n) is 30.9. The molecule has 0 saturated heterocycles. The van der Waals surface area contributed by atoms with Crippen LogP contribution in [0.2, 0.25) is 0 Å². The van der Waals surface area contributed by atoms with E-state index in [0.717, 1.165) is 38.5 Å². The van der Waals surface area contributed by atoms with Crippen LogP contribution in [0.4, 0.5) is 0 Å². The lowest BCUT2D eigenvalue weighted by atomic mass is 9.32. The van der Waals surface area contributed by atoms with E-state index in [-0.39, 0.29) is 58.8 Å². The van der Waals surface area contributed by atoms with Crippen LogP contribution in [0.1, 0.15) is 106 Å². The van der Waals surface area contributed by atoms with Crippen molar-refractivity contribution in [3.05, 3.63) is 12.2 Å². The van der Waals surface area contributed by atoms with Crippen LogP contribution in [0.3, 0.4) is 0 Å². The fourth-order valence-electron chi connectivity index (χ4n) is 12.6. The lowest BCUT2D eigenvalue weighted by Crippen LogP contribution is -2.67. The van der Waals surface area contributed by atoms with Gasteiger partial charge in [-0.15, -0.1) is 0 Å². The van der Waals surface area contributed by atoms with Gasteiger partial charge < -0.3 is 30.0 Å². The molecule has 5 rings (SSSR count). The molecule has 272 valence electrons. The number of nitrogens with one attached hydrogen (secondary N) is 2. The highest BCUT2D eigenvalue weighted by Crippen LogP contribution is 2.77. The molecule has 5 aliphatic carbocycles. The highest BCUT2D eigenvalue weighted by molar-refractivity contribution is 5.84. The Bertz CT molecular complexity index is 1240. The Balaban J connectivity index is 1.21. The van der Waals surface area contributed by atoms with Crippen molar-refractivity contribution < 1.29 is 33.7 Å². The normalized spacial score (nSPS) is 41.2. The van der Waals surface area contributed by atoms with Crippen LogP contribution in [0.15, 0.2) is 12.2 Å². The number of amides is 2. The second-order valence-electron chi connectivity index (χ2n) is 17.5. The number of aliphatic hydroxyl groups is 1. The number of fused-ring (bicyclic) bond motifs is 7. The number of methoxy groups -OCH3 is 1. The molecule has 0 aromatic heterocycles. The van der Waals surface area contributed by atoms with Gasteiger partial charge in [0.2, 0.25) is 11.8 Å². The molecule has 9 nitrogen and oxygen atoms in total. The summed E-state index contributed by atoms with van der Waals surface area (Å²) in [6.07, 6.45) is 10.6. The van der Waals surface area contributed by atoms with Crippen LogP contribution in [-0.2, 0) is 28.6 Å². The third-order valence-electron chi connectivity index (χ3n) is 15.3. The molecule has 5 aliphatic rings. The Hall–Kier alpha value is -1.97. The third-order valence-corrected chi connectivity index (χ3v) is 15.3. The van der Waals surface area contributed by atoms with Crippen molar-refractivity contribution in [2.75, 3.05) is 46.6 Å². The van der Waals surface area contributed by atoms with Crippen LogP contribution in [0.25, 0.3) is 0 Å². The molecule has 3 N–H and O–H groups in total. The predicted molar refractivity (Wildman–Crippen MR) is 185 cm³/mol. The molecule has 10 atom stereocenters. The van der Waals surface area contributed by atoms with E-state index in [0.29, 0.717) is 49.3 Å². The number of aliphatic hydroxyl groups excluding tert-OH is 1. The quantitative estimate of drug-likeness (QED) is 0.143. The zero-order chi connectivity index (χ0) is 35.1. The van der Waals surface area contributed by atoms with E-state index in [1.54, 1.807) is 0 Å². The lowest BCUT2D eigenvalue weighted by molar-refractivity contribution is -0.246. The topological polar surface area (TPSA) is 123 Å². The standard InChI is InChI=1S/C39H64N2O7/c1-25(2)26-11-16-39(34(45)40-19-20-47-21-22-48-24-31(43)41-23-32(44)46-8)18-17-37(6)27(33(26)39)9-10-29-36(5)14-13-30(42)35(3,4)28(36)12-15-38(29,37)7/h26-30,33,42H,1,9-24H2,2-8H3,(H,40,45)(H,41,43)/t26-,27+,28-,29+,30-,33+,36-,37+,38+,39-/m0/s1. The maximum Gasteiger partial charge on any atom is 0.325 e. The van der Waals surface area contributed by atoms with E-state index >= 15 is 0 Å². The minimum absolute atomic E-state index is 0.0531. The maximum absolute atomic E-state index is 14.3. The highest BCUT2D eigenvalue weighted by Gasteiger charge is 2.71. The molecule has 5 saturated carbocycles. The first-order valence-electron chi connectivity index (χ1n) is 18.7. The predicted octanol–water partition coefficient (Wildman–Crippen LogP) is 5.44. The number of carbonyl (C=O) groups excluding carboxylic acids is 3. The first kappa shape index (κ1) is 37.3. The van der Waals surface area contributed by atoms with Gasteiger partial charge in [0.15, 0.2) is 0 Å². The molecule has 0 spiro atoms. The van der Waals surface area contributed by atoms with Crippen LogP contribution >= 0.6 is 0 Å². The van der Waals surface area contributed by atoms with Crippen LogP contribution < -0.4 is 10.6 Å². The molecular weight excluding hydrogens is 608 g/mol. The minimum Gasteiger partial charge on any atom is -0.468 e. The second-order valence-corrected chi connectivity index (χ2v) is 17.5. The molecule has 48 heavy (non-hydrogen) atoms. The van der Waals surface area contributed by atoms with E-state index in [1.165, 1.54) is 38.4 Å². The fraction of sp³-hybridized carbons (Fsp3) is 0.872. The van der Waals surface area contributed by atoms with Crippen molar-refractivity contribution in [2.24, 2.45) is 56.7 Å². The monoisotopic (exact) mass is 672 g/mol. The Morgan fingerprint density at radius 3 is 2.25 bits per heavy atom. The van der Waals surface area contributed by atoms with Gasteiger partial charge in [-0.1, -0.05) is 46.8 Å². The second kappa shape index (κ2) is 14.0. The molecule has 2 amide bonds. The maximum atomic E-state index is 14.3. The van der Waals surface area contributed by atoms with Crippen LogP contribution in [0.5, 0.6) is 0 Å². The van der Waals surface area contributed by atoms with Crippen molar-refractivity contribution in [3.8, 4) is 0 Å². The number of ether oxygens (including phenoxy) is 3. The summed E-state index contributed by atoms with van der Waals surface area (Å²) < 4.78 is 15.5. The third kappa shape index (κ3) is 6.16. The number of hydrogen-bond donors (Lipinski definition) is 3. The summed E-state index contributed by atoms with van der Waals surface area (Å²) in [7, 11) is 1.27. The SMILES string of the molecule is C=C(C)[C@@H]1CC[C@]2(C(=O)NCCOCCOCC(=O)NCC(=O)OC)CC[C@]3(C)[C@H](CC[C@@H]4[C@@]5(C)CC[C@H](O)C(C)(C)[C@@H]5CC[C@]43C)[C@@H]12. The van der Waals surface area contributed by atoms with E-state index in [9.17, 15) is 19.5 Å². The summed E-state index contributed by atoms with van der Waals surface area (Å²) in [5.74, 6) is 1.63. The number of hydrogen-bond acceptors (Lipinski definition) is 7. The van der Waals surface area contributed by atoms with Gasteiger partial charge in [-0.2, -0.15) is 0 Å². The van der Waals surface area contributed by atoms with Gasteiger partial charge in [-0.3, -0.25) is 14.4 Å². The van der Waals surface area contributed by atoms with Gasteiger partial charge in [0, 0.05) is 6.54 Å². The van der Waals surface area contributed by atoms with Crippen LogP contribution in [0, 0.1) is 56.7 Å². The van der Waals surface area contributed by atoms with Crippen molar-refractivity contribution in [3.63, 3.8) is 0 Å². The molecule has 0 unspecified atom stereocenters. The molecule has 0 radical (unpaired) electrons. The highest BCUT2D eigenvalue weighted by atomic mass is 16.5. The van der Waals surface area contributed by atoms with Crippen LogP contribution in [-0.4, -0.2) is 75.6 Å². The van der Waals surface area contributed by atoms with Crippen molar-refractivity contribution >= 4 is 17.8 Å². The molecule has 0 bridgehead atoms. The molecule has 9 heteroatoms. The first-order chi connectivity index (χ1) is 22.6. The first-order valence-corrected chi connectivity index (χ1v) is 18.7. The average Bonchev–Trinajstić information content (AvgIpc) is 3.44. The van der Waals surface area contributed by atoms with Gasteiger partial charge in [-0.05, 0) is 122 Å². The lowest BCUT2D eigenvalue weighted by Gasteiger charge is -2.72. The summed E-state index contributed by atoms with van der Waals surface area (Å²) >= 11 is 0. The van der Waals surface area contributed by atoms with Gasteiger partial charge in [-0.25, -0.2) is 0 Å². The van der Waals surface area contributed by atoms with E-state index in [4.69, 9.17) is 9.47 Å². The fourth-order valence-corrected chi connectivity index (χ4v) is 12.6.